The number of ether oxygens (including phenoxy) is 1. The summed E-state index contributed by atoms with van der Waals surface area (Å²) in [6.45, 7) is 2.39. The summed E-state index contributed by atoms with van der Waals surface area (Å²) >= 11 is 0. The summed E-state index contributed by atoms with van der Waals surface area (Å²) in [7, 11) is 0. The maximum Gasteiger partial charge on any atom is 0.306 e. The minimum Gasteiger partial charge on any atom is -0.462 e. The molecule has 0 aromatic carbocycles. The molecule has 0 saturated heterocycles. The van der Waals surface area contributed by atoms with E-state index in [9.17, 15) is 4.79 Å². The van der Waals surface area contributed by atoms with Gasteiger partial charge >= 0.3 is 5.97 Å². The number of hydrogen-bond donors (Lipinski definition) is 0. The lowest BCUT2D eigenvalue weighted by Gasteiger charge is -2.43. The van der Waals surface area contributed by atoms with Crippen molar-refractivity contribution >= 4 is 5.97 Å². The Hall–Kier alpha value is -0.790. The Labute approximate surface area is 140 Å². The lowest BCUT2D eigenvalue weighted by molar-refractivity contribution is -0.154. The van der Waals surface area contributed by atoms with Crippen LogP contribution in [0.3, 0.4) is 0 Å². The number of allylic oxidation sites excluding steroid dienone is 2. The van der Waals surface area contributed by atoms with Gasteiger partial charge in [-0.3, -0.25) is 4.79 Å². The molecule has 0 heterocycles. The van der Waals surface area contributed by atoms with E-state index in [4.69, 9.17) is 4.74 Å². The van der Waals surface area contributed by atoms with Gasteiger partial charge in [0.05, 0.1) is 6.42 Å². The van der Waals surface area contributed by atoms with Gasteiger partial charge in [-0.2, -0.15) is 0 Å². The van der Waals surface area contributed by atoms with Gasteiger partial charge in [-0.25, -0.2) is 0 Å². The highest BCUT2D eigenvalue weighted by Gasteiger charge is 2.64. The van der Waals surface area contributed by atoms with Crippen LogP contribution in [0.1, 0.15) is 64.7 Å². The Morgan fingerprint density at radius 2 is 1.83 bits per heavy atom. The Balaban J connectivity index is 1.26. The molecule has 0 aromatic rings. The van der Waals surface area contributed by atoms with E-state index >= 15 is 0 Å². The smallest absolute Gasteiger partial charge is 0.306 e. The normalized spacial score (nSPS) is 50.5. The summed E-state index contributed by atoms with van der Waals surface area (Å²) in [5.74, 6) is 5.30. The molecule has 7 unspecified atom stereocenters. The zero-order valence-corrected chi connectivity index (χ0v) is 14.4. The van der Waals surface area contributed by atoms with Crippen LogP contribution in [0.5, 0.6) is 0 Å². The van der Waals surface area contributed by atoms with E-state index in [1.807, 2.05) is 0 Å². The maximum atomic E-state index is 12.6. The first kappa shape index (κ1) is 14.5. The lowest BCUT2D eigenvalue weighted by Crippen LogP contribution is -2.39. The predicted octanol–water partition coefficient (Wildman–Crippen LogP) is 4.74. The van der Waals surface area contributed by atoms with Gasteiger partial charge in [-0.1, -0.05) is 25.5 Å². The summed E-state index contributed by atoms with van der Waals surface area (Å²) in [6, 6.07) is 0. The molecule has 0 N–H and O–H groups in total. The summed E-state index contributed by atoms with van der Waals surface area (Å²) in [6.07, 6.45) is 15.9. The Morgan fingerprint density at radius 3 is 2.61 bits per heavy atom. The van der Waals surface area contributed by atoms with Crippen LogP contribution in [0.4, 0.5) is 0 Å². The van der Waals surface area contributed by atoms with Crippen molar-refractivity contribution < 1.29 is 9.53 Å². The van der Waals surface area contributed by atoms with Gasteiger partial charge in [0.1, 0.15) is 6.10 Å². The van der Waals surface area contributed by atoms with Crippen molar-refractivity contribution in [1.82, 2.24) is 0 Å². The third kappa shape index (κ3) is 2.16. The molecule has 5 aliphatic rings. The maximum absolute atomic E-state index is 12.6. The molecular formula is C21H30O2. The first-order chi connectivity index (χ1) is 11.1. The fraction of sp³-hybridized carbons (Fsp3) is 0.857. The van der Waals surface area contributed by atoms with Gasteiger partial charge in [-0.15, -0.1) is 0 Å². The van der Waals surface area contributed by atoms with Crippen LogP contribution in [-0.2, 0) is 9.53 Å². The highest BCUT2D eigenvalue weighted by molar-refractivity contribution is 5.70. The van der Waals surface area contributed by atoms with Gasteiger partial charge in [0.25, 0.3) is 0 Å². The van der Waals surface area contributed by atoms with E-state index in [0.29, 0.717) is 6.42 Å². The predicted molar refractivity (Wildman–Crippen MR) is 89.6 cm³/mol. The summed E-state index contributed by atoms with van der Waals surface area (Å²) in [5.41, 5.74) is 0.218. The van der Waals surface area contributed by atoms with E-state index in [1.165, 1.54) is 38.5 Å². The summed E-state index contributed by atoms with van der Waals surface area (Å²) < 4.78 is 5.85. The molecule has 0 amide bonds. The van der Waals surface area contributed by atoms with Crippen LogP contribution in [0.25, 0.3) is 0 Å². The average Bonchev–Trinajstić information content (AvgIpc) is 3.25. The van der Waals surface area contributed by atoms with Gasteiger partial charge < -0.3 is 4.74 Å². The monoisotopic (exact) mass is 314 g/mol. The van der Waals surface area contributed by atoms with Crippen LogP contribution >= 0.6 is 0 Å². The largest absolute Gasteiger partial charge is 0.462 e. The van der Waals surface area contributed by atoms with E-state index in [-0.39, 0.29) is 17.5 Å². The fourth-order valence-electron chi connectivity index (χ4n) is 7.43. The lowest BCUT2D eigenvalue weighted by atomic mass is 9.61. The van der Waals surface area contributed by atoms with Crippen molar-refractivity contribution in [2.45, 2.75) is 70.8 Å². The summed E-state index contributed by atoms with van der Waals surface area (Å²) in [4.78, 5) is 12.6. The quantitative estimate of drug-likeness (QED) is 0.427. The Bertz CT molecular complexity index is 532. The number of fused-ring (bicyclic) bond motifs is 9. The molecule has 2 heteroatoms. The number of hydrogen-bond acceptors (Lipinski definition) is 2. The average molecular weight is 314 g/mol. The van der Waals surface area contributed by atoms with Crippen LogP contribution in [0, 0.1) is 40.9 Å². The third-order valence-electron chi connectivity index (χ3n) is 8.17. The minimum absolute atomic E-state index is 0.0993. The zero-order valence-electron chi connectivity index (χ0n) is 14.4. The topological polar surface area (TPSA) is 26.3 Å². The first-order valence-corrected chi connectivity index (χ1v) is 10.0. The van der Waals surface area contributed by atoms with E-state index in [0.717, 1.165) is 48.3 Å². The molecule has 0 aromatic heterocycles. The fourth-order valence-corrected chi connectivity index (χ4v) is 7.43. The Morgan fingerprint density at radius 1 is 1.09 bits per heavy atom. The van der Waals surface area contributed by atoms with Crippen molar-refractivity contribution in [2.75, 3.05) is 0 Å². The van der Waals surface area contributed by atoms with Crippen molar-refractivity contribution in [3.8, 4) is 0 Å². The van der Waals surface area contributed by atoms with Gasteiger partial charge in [0.15, 0.2) is 0 Å². The van der Waals surface area contributed by atoms with Crippen LogP contribution in [0.2, 0.25) is 0 Å². The highest BCUT2D eigenvalue weighted by Crippen LogP contribution is 2.71. The molecule has 0 spiro atoms. The molecule has 4 saturated carbocycles. The number of esters is 1. The molecule has 23 heavy (non-hydrogen) atoms. The molecule has 126 valence electrons. The third-order valence-corrected chi connectivity index (χ3v) is 8.17. The van der Waals surface area contributed by atoms with Crippen LogP contribution in [0.15, 0.2) is 12.2 Å². The highest BCUT2D eigenvalue weighted by atomic mass is 16.5. The molecule has 7 atom stereocenters. The van der Waals surface area contributed by atoms with Crippen molar-refractivity contribution in [1.29, 1.82) is 0 Å². The standard InChI is InChI=1S/C21H30O2/c1-21(12-18(22)23-16-5-3-2-4-6-16)11-15-10-17(21)20-14-8-7-13(9-14)19(15)20/h7-8,13-17,19-20H,2-6,9-12H2,1H3. The second-order valence-electron chi connectivity index (χ2n) is 9.49. The second-order valence-corrected chi connectivity index (χ2v) is 9.49. The minimum atomic E-state index is 0.0993. The van der Waals surface area contributed by atoms with Crippen molar-refractivity contribution in [3.05, 3.63) is 12.2 Å². The van der Waals surface area contributed by atoms with Gasteiger partial charge in [0.2, 0.25) is 0 Å². The van der Waals surface area contributed by atoms with Crippen molar-refractivity contribution in [3.63, 3.8) is 0 Å². The molecule has 4 fully saturated rings. The van der Waals surface area contributed by atoms with Crippen molar-refractivity contribution in [2.24, 2.45) is 40.9 Å². The molecule has 0 aliphatic heterocycles. The molecular weight excluding hydrogens is 284 g/mol. The first-order valence-electron chi connectivity index (χ1n) is 10.0. The van der Waals surface area contributed by atoms with E-state index in [1.54, 1.807) is 0 Å². The van der Waals surface area contributed by atoms with Crippen LogP contribution in [-0.4, -0.2) is 12.1 Å². The molecule has 2 nitrogen and oxygen atoms in total. The van der Waals surface area contributed by atoms with E-state index < -0.39 is 0 Å². The molecule has 5 rings (SSSR count). The van der Waals surface area contributed by atoms with Gasteiger partial charge in [-0.05, 0) is 85.9 Å². The SMILES string of the molecule is CC1(CC(=O)OC2CCCCC2)CC2CC1C1C3C=CC(C3)C21. The molecule has 5 aliphatic carbocycles. The summed E-state index contributed by atoms with van der Waals surface area (Å²) in [5, 5.41) is 0. The zero-order chi connectivity index (χ0) is 15.6. The molecule has 4 bridgehead atoms. The Kier molecular flexibility index (Phi) is 3.23. The number of carbonyl (C=O) groups excluding carboxylic acids is 1. The number of carbonyl (C=O) groups is 1. The van der Waals surface area contributed by atoms with Crippen LogP contribution < -0.4 is 0 Å². The van der Waals surface area contributed by atoms with Gasteiger partial charge in [0, 0.05) is 0 Å². The van der Waals surface area contributed by atoms with E-state index in [2.05, 4.69) is 19.1 Å². The molecule has 0 radical (unpaired) electrons. The second kappa shape index (κ2) is 5.10. The number of rotatable bonds is 3.